The number of fused-ring (bicyclic) bond motifs is 6. The second-order valence-corrected chi connectivity index (χ2v) is 25.4. The van der Waals surface area contributed by atoms with Crippen LogP contribution in [0.3, 0.4) is 0 Å². The number of ether oxygens (including phenoxy) is 7. The van der Waals surface area contributed by atoms with Crippen molar-refractivity contribution in [2.45, 2.75) is 222 Å². The molecule has 454 valence electrons. The molecule has 0 unspecified atom stereocenters. The van der Waals surface area contributed by atoms with Crippen molar-refractivity contribution < 1.29 is 125 Å². The normalized spacial score (nSPS) is 50.5. The van der Waals surface area contributed by atoms with Gasteiger partial charge in [-0.2, -0.15) is 0 Å². The van der Waals surface area contributed by atoms with Crippen LogP contribution in [-0.4, -0.2) is 261 Å². The van der Waals surface area contributed by atoms with E-state index in [1.54, 1.807) is 6.92 Å². The summed E-state index contributed by atoms with van der Waals surface area (Å²) < 4.78 is 41.0. The molecule has 79 heavy (non-hydrogen) atoms. The van der Waals surface area contributed by atoms with Crippen LogP contribution in [0, 0.1) is 44.3 Å². The first kappa shape index (κ1) is 63.1. The van der Waals surface area contributed by atoms with Crippen molar-refractivity contribution in [3.05, 3.63) is 23.3 Å². The SMILES string of the molecule is C[C@H]1O[C@@H](O[C@H]2CC[C@@]3(C)[C@@H](CC[C@]4(C)[C@@H]3C=CC3=C5C[C@@](C)(C(=O)OC[C@H]6O[C@@H](OC[C@H](O)[C@H](O)[C@H](O)[C@H](O)CO)[C@H](O)[C@@H](O)[C@@H]6O)CC[C@]5(CO)[C@H](O)C[C@]34C)[C@]2(C)CO)[C@H](O)[C@@H](O[C@@H]2O[C@H](CO)[C@H](O)[C@H](O)[C@H]2O)[C@H]1O. The Hall–Kier alpha value is -1.97. The fourth-order valence-electron chi connectivity index (χ4n) is 15.4. The van der Waals surface area contributed by atoms with Crippen LogP contribution >= 0.6 is 0 Å². The Morgan fingerprint density at radius 3 is 1.94 bits per heavy atom. The molecule has 0 aromatic rings. The van der Waals surface area contributed by atoms with E-state index < -0.39 is 200 Å². The molecule has 0 radical (unpaired) electrons. The third-order valence-corrected chi connectivity index (χ3v) is 20.9. The predicted octanol–water partition coefficient (Wildman–Crippen LogP) is -4.54. The second-order valence-electron chi connectivity index (χ2n) is 25.4. The van der Waals surface area contributed by atoms with Gasteiger partial charge in [0.2, 0.25) is 0 Å². The summed E-state index contributed by atoms with van der Waals surface area (Å²) in [6, 6.07) is 0. The first-order valence-corrected chi connectivity index (χ1v) is 27.8. The van der Waals surface area contributed by atoms with E-state index >= 15 is 0 Å². The summed E-state index contributed by atoms with van der Waals surface area (Å²) in [5, 5.41) is 181. The third-order valence-electron chi connectivity index (χ3n) is 20.9. The van der Waals surface area contributed by atoms with Gasteiger partial charge in [0.05, 0.1) is 56.8 Å². The molecule has 6 fully saturated rings. The van der Waals surface area contributed by atoms with Crippen LogP contribution in [0.2, 0.25) is 0 Å². The number of hydrogen-bond acceptors (Lipinski definition) is 25. The molecule has 3 saturated heterocycles. The lowest BCUT2D eigenvalue weighted by atomic mass is 9.35. The molecule has 0 amide bonds. The highest BCUT2D eigenvalue weighted by molar-refractivity contribution is 5.77. The van der Waals surface area contributed by atoms with Crippen LogP contribution in [0.1, 0.15) is 92.9 Å². The van der Waals surface area contributed by atoms with Crippen molar-refractivity contribution in [1.29, 1.82) is 0 Å². The summed E-state index contributed by atoms with van der Waals surface area (Å²) in [4.78, 5) is 14.4. The first-order chi connectivity index (χ1) is 37.0. The van der Waals surface area contributed by atoms with Crippen molar-refractivity contribution in [2.24, 2.45) is 44.3 Å². The minimum absolute atomic E-state index is 0.0817. The van der Waals surface area contributed by atoms with E-state index in [-0.39, 0.29) is 37.7 Å². The monoisotopic (exact) mass is 1140 g/mol. The second kappa shape index (κ2) is 23.5. The molecule has 0 bridgehead atoms. The zero-order valence-corrected chi connectivity index (χ0v) is 45.7. The molecule has 3 aliphatic heterocycles. The lowest BCUT2D eigenvalue weighted by Gasteiger charge is -2.70. The lowest BCUT2D eigenvalue weighted by Crippen LogP contribution is -2.67. The topological polar surface area (TPSA) is 426 Å². The molecular weight excluding hydrogens is 1050 g/mol. The largest absolute Gasteiger partial charge is 0.462 e. The Balaban J connectivity index is 0.991. The van der Waals surface area contributed by atoms with E-state index in [9.17, 15) is 86.5 Å². The molecule has 3 saturated carbocycles. The molecule has 29 atom stereocenters. The summed E-state index contributed by atoms with van der Waals surface area (Å²) in [7, 11) is 0. The zero-order chi connectivity index (χ0) is 58.3. The predicted molar refractivity (Wildman–Crippen MR) is 268 cm³/mol. The number of hydrogen-bond donors (Lipinski definition) is 17. The average Bonchev–Trinajstić information content (AvgIpc) is 2.62. The number of rotatable bonds is 17. The highest BCUT2D eigenvalue weighted by Crippen LogP contribution is 2.74. The molecule has 25 heteroatoms. The lowest BCUT2D eigenvalue weighted by molar-refractivity contribution is -0.367. The van der Waals surface area contributed by atoms with Gasteiger partial charge in [0.1, 0.15) is 98.2 Å². The highest BCUT2D eigenvalue weighted by Gasteiger charge is 2.69. The van der Waals surface area contributed by atoms with E-state index in [0.29, 0.717) is 32.1 Å². The Morgan fingerprint density at radius 2 is 1.30 bits per heavy atom. The quantitative estimate of drug-likeness (QED) is 0.0482. The minimum Gasteiger partial charge on any atom is -0.462 e. The van der Waals surface area contributed by atoms with Crippen molar-refractivity contribution >= 4 is 5.97 Å². The van der Waals surface area contributed by atoms with E-state index in [2.05, 4.69) is 32.9 Å². The molecule has 0 aromatic heterocycles. The van der Waals surface area contributed by atoms with Crippen LogP contribution in [0.25, 0.3) is 0 Å². The fraction of sp³-hybridized carbons (Fsp3) is 0.907. The van der Waals surface area contributed by atoms with E-state index in [1.165, 1.54) is 6.92 Å². The van der Waals surface area contributed by atoms with Gasteiger partial charge in [-0.3, -0.25) is 4.79 Å². The molecule has 17 N–H and O–H groups in total. The summed E-state index contributed by atoms with van der Waals surface area (Å²) in [6.07, 6.45) is -26.0. The van der Waals surface area contributed by atoms with E-state index in [0.717, 1.165) is 11.1 Å². The molecule has 3 heterocycles. The van der Waals surface area contributed by atoms with Gasteiger partial charge in [0.25, 0.3) is 0 Å². The van der Waals surface area contributed by atoms with Crippen LogP contribution in [-0.2, 0) is 38.0 Å². The number of carbonyl (C=O) groups is 1. The zero-order valence-electron chi connectivity index (χ0n) is 45.7. The van der Waals surface area contributed by atoms with Gasteiger partial charge in [-0.05, 0) is 93.5 Å². The number of allylic oxidation sites excluding steroid dienone is 3. The van der Waals surface area contributed by atoms with Gasteiger partial charge in [0.15, 0.2) is 18.9 Å². The minimum atomic E-state index is -2.00. The number of carbonyl (C=O) groups excluding carboxylic acids is 1. The molecular formula is C54H88O25. The number of aliphatic hydroxyl groups is 17. The van der Waals surface area contributed by atoms with Crippen molar-refractivity contribution in [2.75, 3.05) is 39.6 Å². The summed E-state index contributed by atoms with van der Waals surface area (Å²) in [6.45, 7) is 7.99. The Kier molecular flexibility index (Phi) is 18.7. The van der Waals surface area contributed by atoms with Gasteiger partial charge >= 0.3 is 5.97 Å². The van der Waals surface area contributed by atoms with Crippen molar-refractivity contribution in [3.8, 4) is 0 Å². The van der Waals surface area contributed by atoms with Crippen LogP contribution in [0.15, 0.2) is 23.3 Å². The molecule has 0 aromatic carbocycles. The molecule has 8 aliphatic rings. The summed E-state index contributed by atoms with van der Waals surface area (Å²) in [5.74, 6) is -0.999. The summed E-state index contributed by atoms with van der Waals surface area (Å²) >= 11 is 0. The standard InChI is InChI=1S/C54H88O25/c1-23-34(62)44(79-46-42(70)39(67)37(65)28(18-56)76-46)43(71)47(75-23)78-33-10-11-50(3)30(51(33,4)21-57)9-12-52(5)31(50)8-7-24-25-15-49(2,13-14-54(25,22-58)32(61)16-53(24,52)6)48(72)74-20-29-38(66)40(68)41(69)45(77-29)73-19-27(60)36(64)35(63)26(59)17-55/h7-8,23,26-47,55-71H,9-22H2,1-6H3/t23-,26-,27+,28-,29-,30-,31-,32-,33+,34+,35-,36+,37+,38-,39+,40+,41-,42-,43-,44+,45-,46+,47+,49+,50+,51+,52-,53-,54-/m1/s1. The smallest absolute Gasteiger partial charge is 0.312 e. The molecule has 5 aliphatic carbocycles. The Labute approximate surface area is 458 Å². The first-order valence-electron chi connectivity index (χ1n) is 27.8. The third kappa shape index (κ3) is 10.5. The number of aliphatic hydroxyl groups excluding tert-OH is 17. The van der Waals surface area contributed by atoms with Crippen LogP contribution < -0.4 is 0 Å². The van der Waals surface area contributed by atoms with Crippen molar-refractivity contribution in [3.63, 3.8) is 0 Å². The molecule has 8 rings (SSSR count). The maximum absolute atomic E-state index is 14.4. The van der Waals surface area contributed by atoms with Gasteiger partial charge in [-0.1, -0.05) is 45.4 Å². The van der Waals surface area contributed by atoms with Gasteiger partial charge in [0, 0.05) is 16.2 Å². The van der Waals surface area contributed by atoms with Crippen LogP contribution in [0.5, 0.6) is 0 Å². The van der Waals surface area contributed by atoms with Crippen LogP contribution in [0.4, 0.5) is 0 Å². The number of esters is 1. The Morgan fingerprint density at radius 1 is 0.684 bits per heavy atom. The maximum atomic E-state index is 14.4. The molecule has 25 nitrogen and oxygen atoms in total. The Bertz CT molecular complexity index is 2190. The fourth-order valence-corrected chi connectivity index (χ4v) is 15.4. The molecule has 0 spiro atoms. The summed E-state index contributed by atoms with van der Waals surface area (Å²) in [5.41, 5.74) is -3.33. The van der Waals surface area contributed by atoms with E-state index in [1.807, 2.05) is 6.92 Å². The average molecular weight is 1140 g/mol. The van der Waals surface area contributed by atoms with Gasteiger partial charge < -0.3 is 120 Å². The van der Waals surface area contributed by atoms with Gasteiger partial charge in [-0.15, -0.1) is 0 Å². The van der Waals surface area contributed by atoms with Gasteiger partial charge in [-0.25, -0.2) is 0 Å². The van der Waals surface area contributed by atoms with E-state index in [4.69, 9.17) is 38.3 Å². The maximum Gasteiger partial charge on any atom is 0.312 e. The highest BCUT2D eigenvalue weighted by atomic mass is 16.7. The van der Waals surface area contributed by atoms with Crippen molar-refractivity contribution in [1.82, 2.24) is 0 Å².